The highest BCUT2D eigenvalue weighted by atomic mass is 16.5. The molecule has 1 saturated heterocycles. The summed E-state index contributed by atoms with van der Waals surface area (Å²) in [4.78, 5) is 16.2. The number of carbonyl (C=O) groups is 1. The van der Waals surface area contributed by atoms with E-state index in [1.54, 1.807) is 7.11 Å². The van der Waals surface area contributed by atoms with Crippen molar-refractivity contribution in [2.24, 2.45) is 17.8 Å². The minimum atomic E-state index is 0.132. The maximum atomic E-state index is 13.6. The molecule has 2 aromatic carbocycles. The Hall–Kier alpha value is -1.87. The number of hydrogen-bond acceptors (Lipinski definition) is 3. The first-order chi connectivity index (χ1) is 13.5. The van der Waals surface area contributed by atoms with Gasteiger partial charge in [-0.1, -0.05) is 38.5 Å². The fourth-order valence-electron chi connectivity index (χ4n) is 5.01. The Morgan fingerprint density at radius 2 is 1.86 bits per heavy atom. The summed E-state index contributed by atoms with van der Waals surface area (Å²) in [6.45, 7) is 6.68. The Morgan fingerprint density at radius 3 is 2.54 bits per heavy atom. The van der Waals surface area contributed by atoms with Crippen LogP contribution in [-0.2, 0) is 0 Å². The fraction of sp³-hybridized carbons (Fsp3) is 0.560. The number of ketones is 1. The lowest BCUT2D eigenvalue weighted by Gasteiger charge is -2.45. The van der Waals surface area contributed by atoms with Crippen LogP contribution in [0.3, 0.4) is 0 Å². The smallest absolute Gasteiger partial charge is 0.167 e. The van der Waals surface area contributed by atoms with Crippen molar-refractivity contribution in [2.75, 3.05) is 20.2 Å². The number of fused-ring (bicyclic) bond motifs is 1. The van der Waals surface area contributed by atoms with Gasteiger partial charge in [-0.05, 0) is 73.0 Å². The number of methoxy groups -OCH3 is 1. The van der Waals surface area contributed by atoms with Gasteiger partial charge in [0.05, 0.1) is 7.11 Å². The van der Waals surface area contributed by atoms with Crippen LogP contribution in [0.2, 0.25) is 0 Å². The molecule has 2 aromatic rings. The van der Waals surface area contributed by atoms with Gasteiger partial charge in [-0.15, -0.1) is 0 Å². The zero-order valence-electron chi connectivity index (χ0n) is 17.5. The predicted molar refractivity (Wildman–Crippen MR) is 115 cm³/mol. The molecule has 4 rings (SSSR count). The molecule has 1 aliphatic carbocycles. The van der Waals surface area contributed by atoms with Crippen LogP contribution in [0.25, 0.3) is 10.8 Å². The lowest BCUT2D eigenvalue weighted by molar-refractivity contribution is 0.0365. The monoisotopic (exact) mass is 379 g/mol. The lowest BCUT2D eigenvalue weighted by atomic mass is 9.75. The minimum Gasteiger partial charge on any atom is -0.497 e. The second-order valence-electron chi connectivity index (χ2n) is 9.16. The topological polar surface area (TPSA) is 29.5 Å². The Morgan fingerprint density at radius 1 is 1.11 bits per heavy atom. The molecule has 0 amide bonds. The molecule has 0 aromatic heterocycles. The quantitative estimate of drug-likeness (QED) is 0.615. The molecule has 0 unspecified atom stereocenters. The van der Waals surface area contributed by atoms with Gasteiger partial charge in [-0.2, -0.15) is 0 Å². The third-order valence-electron chi connectivity index (χ3n) is 6.82. The Labute approximate surface area is 169 Å². The summed E-state index contributed by atoms with van der Waals surface area (Å²) in [5.74, 6) is 2.47. The Balaban J connectivity index is 1.59. The van der Waals surface area contributed by atoms with Crippen LogP contribution >= 0.6 is 0 Å². The number of benzene rings is 2. The molecule has 0 N–H and O–H groups in total. The van der Waals surface area contributed by atoms with Crippen LogP contribution in [0.4, 0.5) is 0 Å². The van der Waals surface area contributed by atoms with E-state index < -0.39 is 0 Å². The zero-order chi connectivity index (χ0) is 19.7. The first-order valence-electron chi connectivity index (χ1n) is 10.9. The fourth-order valence-corrected chi connectivity index (χ4v) is 5.01. The first-order valence-corrected chi connectivity index (χ1v) is 10.9. The summed E-state index contributed by atoms with van der Waals surface area (Å²) in [7, 11) is 1.69. The van der Waals surface area contributed by atoms with Gasteiger partial charge in [0, 0.05) is 24.1 Å². The number of Topliss-reactive ketones (excluding diaryl/α,β-unsaturated/α-hetero) is 1. The van der Waals surface area contributed by atoms with Crippen LogP contribution in [-0.4, -0.2) is 36.9 Å². The summed E-state index contributed by atoms with van der Waals surface area (Å²) in [6, 6.07) is 12.9. The summed E-state index contributed by atoms with van der Waals surface area (Å²) >= 11 is 0. The van der Waals surface area contributed by atoms with Gasteiger partial charge >= 0.3 is 0 Å². The van der Waals surface area contributed by atoms with Crippen LogP contribution in [0.5, 0.6) is 5.75 Å². The molecular weight excluding hydrogens is 346 g/mol. The van der Waals surface area contributed by atoms with Crippen molar-refractivity contribution >= 4 is 16.6 Å². The third-order valence-corrected chi connectivity index (χ3v) is 6.82. The highest BCUT2D eigenvalue weighted by Crippen LogP contribution is 2.36. The maximum Gasteiger partial charge on any atom is 0.167 e. The van der Waals surface area contributed by atoms with Crippen molar-refractivity contribution in [1.82, 2.24) is 4.90 Å². The normalized spacial score (nSPS) is 23.7. The number of ether oxygens (including phenoxy) is 1. The van der Waals surface area contributed by atoms with Crippen LogP contribution < -0.4 is 4.74 Å². The summed E-state index contributed by atoms with van der Waals surface area (Å²) in [5, 5.41) is 2.23. The molecule has 1 saturated carbocycles. The number of hydrogen-bond donors (Lipinski definition) is 0. The molecule has 1 aliphatic heterocycles. The van der Waals surface area contributed by atoms with Crippen molar-refractivity contribution in [3.05, 3.63) is 42.0 Å². The van der Waals surface area contributed by atoms with Crippen molar-refractivity contribution in [1.29, 1.82) is 0 Å². The van der Waals surface area contributed by atoms with Crippen molar-refractivity contribution in [3.63, 3.8) is 0 Å². The van der Waals surface area contributed by atoms with E-state index in [2.05, 4.69) is 36.9 Å². The van der Waals surface area contributed by atoms with Gasteiger partial charge in [-0.25, -0.2) is 0 Å². The Kier molecular flexibility index (Phi) is 5.73. The van der Waals surface area contributed by atoms with Gasteiger partial charge in [0.25, 0.3) is 0 Å². The SMILES string of the molecule is COc1ccc2cc(C(=O)[C@H]3CN(C4CCC4)CC[C@H]3CC(C)C)ccc2c1. The molecule has 150 valence electrons. The third kappa shape index (κ3) is 3.96. The molecule has 2 aliphatic rings. The second-order valence-corrected chi connectivity index (χ2v) is 9.16. The molecular formula is C25H33NO2. The number of nitrogens with zero attached hydrogens (tertiary/aromatic N) is 1. The molecule has 2 atom stereocenters. The van der Waals surface area contributed by atoms with Crippen molar-refractivity contribution in [2.45, 2.75) is 52.0 Å². The van der Waals surface area contributed by atoms with Crippen molar-refractivity contribution in [3.8, 4) is 5.75 Å². The summed E-state index contributed by atoms with van der Waals surface area (Å²) in [5.41, 5.74) is 0.867. The van der Waals surface area contributed by atoms with Crippen LogP contribution in [0, 0.1) is 17.8 Å². The van der Waals surface area contributed by atoms with E-state index in [1.807, 2.05) is 18.2 Å². The average Bonchev–Trinajstić information content (AvgIpc) is 2.66. The van der Waals surface area contributed by atoms with Gasteiger partial charge < -0.3 is 4.74 Å². The molecule has 0 spiro atoms. The highest BCUT2D eigenvalue weighted by molar-refractivity contribution is 6.01. The maximum absolute atomic E-state index is 13.6. The average molecular weight is 380 g/mol. The standard InChI is InChI=1S/C25H33NO2/c1-17(2)13-20-11-12-26(22-5-4-6-22)16-24(20)25(27)21-8-7-19-15-23(28-3)10-9-18(19)14-21/h7-10,14-15,17,20,22,24H,4-6,11-13,16H2,1-3H3/t20-,24-/m0/s1. The predicted octanol–water partition coefficient (Wildman–Crippen LogP) is 5.57. The highest BCUT2D eigenvalue weighted by Gasteiger charge is 2.38. The van der Waals surface area contributed by atoms with E-state index in [9.17, 15) is 4.79 Å². The molecule has 1 heterocycles. The minimum absolute atomic E-state index is 0.132. The molecule has 0 radical (unpaired) electrons. The number of rotatable bonds is 6. The lowest BCUT2D eigenvalue weighted by Crippen LogP contribution is -2.50. The van der Waals surface area contributed by atoms with E-state index >= 15 is 0 Å². The second kappa shape index (κ2) is 8.24. The van der Waals surface area contributed by atoms with Gasteiger partial charge in [-0.3, -0.25) is 9.69 Å². The molecule has 2 fully saturated rings. The number of likely N-dealkylation sites (tertiary alicyclic amines) is 1. The van der Waals surface area contributed by atoms with E-state index in [-0.39, 0.29) is 5.92 Å². The molecule has 3 nitrogen and oxygen atoms in total. The van der Waals surface area contributed by atoms with E-state index in [0.717, 1.165) is 47.5 Å². The zero-order valence-corrected chi connectivity index (χ0v) is 17.5. The van der Waals surface area contributed by atoms with E-state index in [0.29, 0.717) is 17.6 Å². The summed E-state index contributed by atoms with van der Waals surface area (Å²) < 4.78 is 5.32. The van der Waals surface area contributed by atoms with Gasteiger partial charge in [0.2, 0.25) is 0 Å². The van der Waals surface area contributed by atoms with E-state index in [4.69, 9.17) is 4.74 Å². The summed E-state index contributed by atoms with van der Waals surface area (Å²) in [6.07, 6.45) is 6.29. The number of piperidine rings is 1. The van der Waals surface area contributed by atoms with Crippen molar-refractivity contribution < 1.29 is 9.53 Å². The van der Waals surface area contributed by atoms with Gasteiger partial charge in [0.1, 0.15) is 5.75 Å². The van der Waals surface area contributed by atoms with Crippen LogP contribution in [0.1, 0.15) is 56.3 Å². The largest absolute Gasteiger partial charge is 0.497 e. The number of carbonyl (C=O) groups excluding carboxylic acids is 1. The first kappa shape index (κ1) is 19.4. The molecule has 28 heavy (non-hydrogen) atoms. The Bertz CT molecular complexity index is 840. The van der Waals surface area contributed by atoms with E-state index in [1.165, 1.54) is 25.8 Å². The van der Waals surface area contributed by atoms with Gasteiger partial charge in [0.15, 0.2) is 5.78 Å². The molecule has 3 heteroatoms. The van der Waals surface area contributed by atoms with Crippen LogP contribution in [0.15, 0.2) is 36.4 Å². The molecule has 0 bridgehead atoms.